The van der Waals surface area contributed by atoms with Gasteiger partial charge in [-0.2, -0.15) is 0 Å². The second kappa shape index (κ2) is 4.37. The quantitative estimate of drug-likeness (QED) is 0.324. The fraction of sp³-hybridized carbons (Fsp3) is 0.143. The number of benzene rings is 3. The van der Waals surface area contributed by atoms with Crippen molar-refractivity contribution in [1.29, 1.82) is 0 Å². The van der Waals surface area contributed by atoms with Crippen LogP contribution < -0.4 is 0 Å². The number of hydrogen-bond acceptors (Lipinski definition) is 1. The van der Waals surface area contributed by atoms with Gasteiger partial charge in [-0.25, -0.2) is 0 Å². The van der Waals surface area contributed by atoms with Crippen molar-refractivity contribution in [1.82, 2.24) is 0 Å². The zero-order chi connectivity index (χ0) is 15.8. The molecule has 0 radical (unpaired) electrons. The molecule has 0 saturated heterocycles. The van der Waals surface area contributed by atoms with Crippen molar-refractivity contribution in [2.24, 2.45) is 0 Å². The van der Waals surface area contributed by atoms with Crippen molar-refractivity contribution < 1.29 is 0 Å². The second-order valence-electron chi connectivity index (χ2n) is 6.75. The Kier molecular flexibility index (Phi) is 2.58. The number of thiophene rings is 1. The molecular formula is C21H15ClS. The first kappa shape index (κ1) is 13.6. The van der Waals surface area contributed by atoms with Gasteiger partial charge in [0.2, 0.25) is 0 Å². The summed E-state index contributed by atoms with van der Waals surface area (Å²) in [7, 11) is 0. The molecule has 0 bridgehead atoms. The van der Waals surface area contributed by atoms with Gasteiger partial charge < -0.3 is 0 Å². The number of fused-ring (bicyclic) bond motifs is 7. The van der Waals surface area contributed by atoms with Crippen LogP contribution in [0.25, 0.3) is 31.3 Å². The Balaban J connectivity index is 2.03. The molecule has 1 aromatic heterocycles. The average Bonchev–Trinajstić information content (AvgIpc) is 3.03. The normalized spacial score (nSPS) is 15.1. The lowest BCUT2D eigenvalue weighted by molar-refractivity contribution is 0.667. The van der Waals surface area contributed by atoms with Crippen LogP contribution in [-0.2, 0) is 5.41 Å². The highest BCUT2D eigenvalue weighted by atomic mass is 35.5. The molecule has 0 N–H and O–H groups in total. The molecule has 4 aromatic rings. The SMILES string of the molecule is CC1(C)c2ccccc2-c2cc(Cl)c3c(sc4ccccc43)c21. The lowest BCUT2D eigenvalue weighted by Gasteiger charge is -2.22. The van der Waals surface area contributed by atoms with Crippen LogP contribution >= 0.6 is 22.9 Å². The zero-order valence-corrected chi connectivity index (χ0v) is 14.6. The summed E-state index contributed by atoms with van der Waals surface area (Å²) < 4.78 is 2.65. The molecule has 112 valence electrons. The van der Waals surface area contributed by atoms with Gasteiger partial charge in [-0.15, -0.1) is 11.3 Å². The molecule has 0 nitrogen and oxygen atoms in total. The van der Waals surface area contributed by atoms with Gasteiger partial charge in [0.25, 0.3) is 0 Å². The van der Waals surface area contributed by atoms with E-state index in [1.54, 1.807) is 0 Å². The fourth-order valence-corrected chi connectivity index (χ4v) is 5.88. The van der Waals surface area contributed by atoms with Gasteiger partial charge in [-0.1, -0.05) is 67.9 Å². The van der Waals surface area contributed by atoms with Crippen molar-refractivity contribution in [2.45, 2.75) is 19.3 Å². The summed E-state index contributed by atoms with van der Waals surface area (Å²) in [4.78, 5) is 0. The lowest BCUT2D eigenvalue weighted by atomic mass is 9.82. The maximum atomic E-state index is 6.73. The Morgan fingerprint density at radius 2 is 1.65 bits per heavy atom. The summed E-state index contributed by atoms with van der Waals surface area (Å²) in [6.45, 7) is 4.66. The Labute approximate surface area is 144 Å². The summed E-state index contributed by atoms with van der Waals surface area (Å²) in [5, 5.41) is 3.35. The van der Waals surface area contributed by atoms with Gasteiger partial charge in [0, 0.05) is 25.6 Å². The van der Waals surface area contributed by atoms with E-state index < -0.39 is 0 Å². The smallest absolute Gasteiger partial charge is 0.0505 e. The van der Waals surface area contributed by atoms with E-state index in [4.69, 9.17) is 11.6 Å². The van der Waals surface area contributed by atoms with Crippen LogP contribution in [-0.4, -0.2) is 0 Å². The predicted molar refractivity (Wildman–Crippen MR) is 102 cm³/mol. The van der Waals surface area contributed by atoms with Crippen LogP contribution in [0.4, 0.5) is 0 Å². The Bertz CT molecular complexity index is 1100. The lowest BCUT2D eigenvalue weighted by Crippen LogP contribution is -2.15. The molecule has 0 aliphatic heterocycles. The molecule has 0 fully saturated rings. The second-order valence-corrected chi connectivity index (χ2v) is 8.21. The molecule has 0 atom stereocenters. The first-order valence-electron chi connectivity index (χ1n) is 7.83. The molecule has 3 aromatic carbocycles. The molecule has 0 spiro atoms. The van der Waals surface area contributed by atoms with E-state index in [1.807, 2.05) is 11.3 Å². The first-order chi connectivity index (χ1) is 11.1. The molecule has 5 rings (SSSR count). The molecule has 1 aliphatic carbocycles. The van der Waals surface area contributed by atoms with Crippen LogP contribution in [0.2, 0.25) is 5.02 Å². The third-order valence-electron chi connectivity index (χ3n) is 5.12. The van der Waals surface area contributed by atoms with E-state index in [0.29, 0.717) is 0 Å². The van der Waals surface area contributed by atoms with Crippen molar-refractivity contribution in [3.8, 4) is 11.1 Å². The molecule has 2 heteroatoms. The van der Waals surface area contributed by atoms with Crippen molar-refractivity contribution in [2.75, 3.05) is 0 Å². The molecule has 0 amide bonds. The van der Waals surface area contributed by atoms with E-state index in [0.717, 1.165) is 5.02 Å². The summed E-state index contributed by atoms with van der Waals surface area (Å²) >= 11 is 8.60. The highest BCUT2D eigenvalue weighted by molar-refractivity contribution is 7.26. The van der Waals surface area contributed by atoms with Crippen molar-refractivity contribution in [3.05, 3.63) is 70.7 Å². The van der Waals surface area contributed by atoms with Gasteiger partial charge in [0.15, 0.2) is 0 Å². The zero-order valence-electron chi connectivity index (χ0n) is 13.0. The predicted octanol–water partition coefficient (Wildman–Crippen LogP) is 7.01. The molecule has 0 unspecified atom stereocenters. The third kappa shape index (κ3) is 1.62. The van der Waals surface area contributed by atoms with Gasteiger partial charge in [0.1, 0.15) is 0 Å². The fourth-order valence-electron chi connectivity index (χ4n) is 4.08. The minimum Gasteiger partial charge on any atom is -0.135 e. The summed E-state index contributed by atoms with van der Waals surface area (Å²) in [5.41, 5.74) is 5.47. The van der Waals surface area contributed by atoms with E-state index in [2.05, 4.69) is 68.4 Å². The summed E-state index contributed by atoms with van der Waals surface area (Å²) in [6.07, 6.45) is 0. The van der Waals surface area contributed by atoms with Crippen molar-refractivity contribution >= 4 is 43.1 Å². The number of rotatable bonds is 0. The highest BCUT2D eigenvalue weighted by Crippen LogP contribution is 2.55. The topological polar surface area (TPSA) is 0 Å². The maximum Gasteiger partial charge on any atom is 0.0505 e. The Hall–Kier alpha value is -1.83. The number of halogens is 1. The molecular weight excluding hydrogens is 320 g/mol. The summed E-state index contributed by atoms with van der Waals surface area (Å²) in [5.74, 6) is 0. The Morgan fingerprint density at radius 1 is 0.913 bits per heavy atom. The minimum absolute atomic E-state index is 0.00957. The van der Waals surface area contributed by atoms with Crippen LogP contribution in [0.15, 0.2) is 54.6 Å². The number of hydrogen-bond donors (Lipinski definition) is 0. The largest absolute Gasteiger partial charge is 0.135 e. The van der Waals surface area contributed by atoms with Gasteiger partial charge in [-0.3, -0.25) is 0 Å². The van der Waals surface area contributed by atoms with E-state index in [1.165, 1.54) is 42.4 Å². The van der Waals surface area contributed by atoms with Gasteiger partial charge in [0.05, 0.1) is 5.02 Å². The molecule has 1 heterocycles. The average molecular weight is 335 g/mol. The first-order valence-corrected chi connectivity index (χ1v) is 9.02. The minimum atomic E-state index is 0.00957. The molecule has 1 aliphatic rings. The monoisotopic (exact) mass is 334 g/mol. The van der Waals surface area contributed by atoms with E-state index in [-0.39, 0.29) is 5.41 Å². The highest BCUT2D eigenvalue weighted by Gasteiger charge is 2.38. The standard InChI is InChI=1S/C21H15ClS/c1-21(2)15-9-5-3-7-12(15)14-11-16(22)18-13-8-4-6-10-17(13)23-20(18)19(14)21/h3-11H,1-2H3. The van der Waals surface area contributed by atoms with Crippen molar-refractivity contribution in [3.63, 3.8) is 0 Å². The van der Waals surface area contributed by atoms with E-state index in [9.17, 15) is 0 Å². The van der Waals surface area contributed by atoms with Gasteiger partial charge in [-0.05, 0) is 34.4 Å². The third-order valence-corrected chi connectivity index (χ3v) is 6.60. The molecule has 0 saturated carbocycles. The van der Waals surface area contributed by atoms with Crippen LogP contribution in [0.5, 0.6) is 0 Å². The van der Waals surface area contributed by atoms with Crippen LogP contribution in [0, 0.1) is 0 Å². The molecule has 23 heavy (non-hydrogen) atoms. The maximum absolute atomic E-state index is 6.73. The van der Waals surface area contributed by atoms with Gasteiger partial charge >= 0.3 is 0 Å². The van der Waals surface area contributed by atoms with Crippen LogP contribution in [0.1, 0.15) is 25.0 Å². The summed E-state index contributed by atoms with van der Waals surface area (Å²) in [6, 6.07) is 19.5. The Morgan fingerprint density at radius 3 is 2.52 bits per heavy atom. The van der Waals surface area contributed by atoms with E-state index >= 15 is 0 Å². The van der Waals surface area contributed by atoms with Crippen LogP contribution in [0.3, 0.4) is 0 Å².